The number of rotatable bonds is 4. The molecular weight excluding hydrogens is 207 g/mol. The summed E-state index contributed by atoms with van der Waals surface area (Å²) in [5.74, 6) is 1.82. The number of alkyl halides is 2. The highest BCUT2D eigenvalue weighted by Gasteiger charge is 2.02. The molecule has 0 atom stereocenters. The molecule has 0 amide bonds. The predicted octanol–water partition coefficient (Wildman–Crippen LogP) is 3.56. The Balaban J connectivity index is 2.95. The third-order valence-corrected chi connectivity index (χ3v) is 2.33. The first-order valence-corrected chi connectivity index (χ1v) is 5.25. The molecule has 1 aromatic carbocycles. The van der Waals surface area contributed by atoms with Gasteiger partial charge < -0.3 is 4.74 Å². The van der Waals surface area contributed by atoms with Crippen LogP contribution in [0.3, 0.4) is 0 Å². The Labute approximate surface area is 88.6 Å². The SMILES string of the molecule is CCOc1cc(CCl)ccc1CCl. The Hall–Kier alpha value is -0.400. The van der Waals surface area contributed by atoms with Crippen molar-refractivity contribution >= 4 is 23.2 Å². The van der Waals surface area contributed by atoms with Crippen LogP contribution in [0.5, 0.6) is 5.75 Å². The average molecular weight is 219 g/mol. The highest BCUT2D eigenvalue weighted by molar-refractivity contribution is 6.17. The minimum atomic E-state index is 0.470. The zero-order valence-corrected chi connectivity index (χ0v) is 9.03. The second kappa shape index (κ2) is 5.36. The average Bonchev–Trinajstić information content (AvgIpc) is 2.18. The summed E-state index contributed by atoms with van der Waals surface area (Å²) >= 11 is 11.5. The maximum atomic E-state index is 5.75. The molecule has 0 saturated carbocycles. The van der Waals surface area contributed by atoms with E-state index in [9.17, 15) is 0 Å². The van der Waals surface area contributed by atoms with Crippen molar-refractivity contribution < 1.29 is 4.74 Å². The first kappa shape index (κ1) is 10.7. The van der Waals surface area contributed by atoms with Gasteiger partial charge in [0.05, 0.1) is 12.5 Å². The maximum absolute atomic E-state index is 5.75. The van der Waals surface area contributed by atoms with Gasteiger partial charge in [-0.1, -0.05) is 12.1 Å². The van der Waals surface area contributed by atoms with Gasteiger partial charge in [-0.25, -0.2) is 0 Å². The van der Waals surface area contributed by atoms with Crippen molar-refractivity contribution in [2.45, 2.75) is 18.7 Å². The molecule has 1 rings (SSSR count). The molecule has 72 valence electrons. The van der Waals surface area contributed by atoms with Gasteiger partial charge in [-0.3, -0.25) is 0 Å². The monoisotopic (exact) mass is 218 g/mol. The van der Waals surface area contributed by atoms with Gasteiger partial charge in [-0.05, 0) is 18.6 Å². The minimum absolute atomic E-state index is 0.470. The lowest BCUT2D eigenvalue weighted by atomic mass is 10.1. The van der Waals surface area contributed by atoms with Crippen molar-refractivity contribution in [2.75, 3.05) is 6.61 Å². The van der Waals surface area contributed by atoms with Crippen molar-refractivity contribution in [3.8, 4) is 5.75 Å². The second-order valence-electron chi connectivity index (χ2n) is 2.64. The molecule has 0 heterocycles. The van der Waals surface area contributed by atoms with Gasteiger partial charge in [-0.15, -0.1) is 23.2 Å². The van der Waals surface area contributed by atoms with Gasteiger partial charge >= 0.3 is 0 Å². The molecule has 1 nitrogen and oxygen atoms in total. The molecule has 0 N–H and O–H groups in total. The van der Waals surface area contributed by atoms with E-state index >= 15 is 0 Å². The molecule has 3 heteroatoms. The lowest BCUT2D eigenvalue weighted by molar-refractivity contribution is 0.337. The van der Waals surface area contributed by atoms with Gasteiger partial charge in [0, 0.05) is 11.4 Å². The van der Waals surface area contributed by atoms with Gasteiger partial charge in [0.1, 0.15) is 5.75 Å². The molecule has 0 spiro atoms. The van der Waals surface area contributed by atoms with Crippen LogP contribution < -0.4 is 4.74 Å². The summed E-state index contributed by atoms with van der Waals surface area (Å²) in [6.45, 7) is 2.60. The van der Waals surface area contributed by atoms with Crippen molar-refractivity contribution in [3.63, 3.8) is 0 Å². The third-order valence-electron chi connectivity index (χ3n) is 1.73. The summed E-state index contributed by atoms with van der Waals surface area (Å²) in [6.07, 6.45) is 0. The Morgan fingerprint density at radius 3 is 2.54 bits per heavy atom. The fourth-order valence-electron chi connectivity index (χ4n) is 1.08. The first-order chi connectivity index (χ1) is 6.31. The van der Waals surface area contributed by atoms with Crippen LogP contribution in [0.4, 0.5) is 0 Å². The molecule has 0 aliphatic heterocycles. The summed E-state index contributed by atoms with van der Waals surface area (Å²) in [5, 5.41) is 0. The zero-order valence-electron chi connectivity index (χ0n) is 7.52. The summed E-state index contributed by atoms with van der Waals surface area (Å²) in [7, 11) is 0. The van der Waals surface area contributed by atoms with Gasteiger partial charge in [0.15, 0.2) is 0 Å². The van der Waals surface area contributed by atoms with Crippen LogP contribution >= 0.6 is 23.2 Å². The predicted molar refractivity (Wildman–Crippen MR) is 56.7 cm³/mol. The smallest absolute Gasteiger partial charge is 0.123 e. The van der Waals surface area contributed by atoms with Crippen molar-refractivity contribution in [2.24, 2.45) is 0 Å². The summed E-state index contributed by atoms with van der Waals surface area (Å²) < 4.78 is 5.43. The highest BCUT2D eigenvalue weighted by atomic mass is 35.5. The topological polar surface area (TPSA) is 9.23 Å². The Morgan fingerprint density at radius 2 is 2.00 bits per heavy atom. The van der Waals surface area contributed by atoms with Gasteiger partial charge in [0.2, 0.25) is 0 Å². The molecule has 0 bridgehead atoms. The summed E-state index contributed by atoms with van der Waals surface area (Å²) in [6, 6.07) is 5.86. The number of halogens is 2. The van der Waals surface area contributed by atoms with Crippen LogP contribution in [-0.4, -0.2) is 6.61 Å². The van der Waals surface area contributed by atoms with E-state index in [1.54, 1.807) is 0 Å². The number of hydrogen-bond acceptors (Lipinski definition) is 1. The number of hydrogen-bond donors (Lipinski definition) is 0. The van der Waals surface area contributed by atoms with E-state index in [2.05, 4.69) is 0 Å². The second-order valence-corrected chi connectivity index (χ2v) is 3.18. The van der Waals surface area contributed by atoms with E-state index in [0.717, 1.165) is 16.9 Å². The highest BCUT2D eigenvalue weighted by Crippen LogP contribution is 2.23. The van der Waals surface area contributed by atoms with E-state index < -0.39 is 0 Å². The van der Waals surface area contributed by atoms with Crippen LogP contribution in [0, 0.1) is 0 Å². The minimum Gasteiger partial charge on any atom is -0.494 e. The first-order valence-electron chi connectivity index (χ1n) is 4.18. The maximum Gasteiger partial charge on any atom is 0.123 e. The van der Waals surface area contributed by atoms with Crippen molar-refractivity contribution in [3.05, 3.63) is 29.3 Å². The lowest BCUT2D eigenvalue weighted by Crippen LogP contribution is -1.96. The molecule has 1 aromatic rings. The Kier molecular flexibility index (Phi) is 4.40. The molecule has 0 aliphatic carbocycles. The van der Waals surface area contributed by atoms with Crippen LogP contribution in [0.1, 0.15) is 18.1 Å². The van der Waals surface area contributed by atoms with Gasteiger partial charge in [0.25, 0.3) is 0 Å². The van der Waals surface area contributed by atoms with Crippen LogP contribution in [0.15, 0.2) is 18.2 Å². The van der Waals surface area contributed by atoms with Crippen LogP contribution in [0.25, 0.3) is 0 Å². The molecule has 13 heavy (non-hydrogen) atoms. The van der Waals surface area contributed by atoms with Crippen molar-refractivity contribution in [1.29, 1.82) is 0 Å². The van der Waals surface area contributed by atoms with E-state index in [1.807, 2.05) is 25.1 Å². The summed E-state index contributed by atoms with van der Waals surface area (Å²) in [5.41, 5.74) is 2.07. The van der Waals surface area contributed by atoms with Crippen LogP contribution in [0.2, 0.25) is 0 Å². The summed E-state index contributed by atoms with van der Waals surface area (Å²) in [4.78, 5) is 0. The normalized spacial score (nSPS) is 10.1. The molecular formula is C10H12Cl2O. The third kappa shape index (κ3) is 2.78. The van der Waals surface area contributed by atoms with Crippen LogP contribution in [-0.2, 0) is 11.8 Å². The zero-order chi connectivity index (χ0) is 9.68. The Bertz CT molecular complexity index is 274. The van der Waals surface area contributed by atoms with E-state index in [-0.39, 0.29) is 0 Å². The van der Waals surface area contributed by atoms with E-state index in [4.69, 9.17) is 27.9 Å². The quantitative estimate of drug-likeness (QED) is 0.703. The standard InChI is InChI=1S/C10H12Cl2O/c1-2-13-10-5-8(6-11)3-4-9(10)7-12/h3-5H,2,6-7H2,1H3. The molecule has 0 aromatic heterocycles. The van der Waals surface area contributed by atoms with Crippen molar-refractivity contribution in [1.82, 2.24) is 0 Å². The Morgan fingerprint density at radius 1 is 1.23 bits per heavy atom. The largest absolute Gasteiger partial charge is 0.494 e. The number of benzene rings is 1. The lowest BCUT2D eigenvalue weighted by Gasteiger charge is -2.08. The molecule has 0 radical (unpaired) electrons. The fraction of sp³-hybridized carbons (Fsp3) is 0.400. The fourth-order valence-corrected chi connectivity index (χ4v) is 1.47. The van der Waals surface area contributed by atoms with Gasteiger partial charge in [-0.2, -0.15) is 0 Å². The van der Waals surface area contributed by atoms with E-state index in [1.165, 1.54) is 0 Å². The molecule has 0 saturated heterocycles. The molecule has 0 aliphatic rings. The molecule has 0 fully saturated rings. The number of ether oxygens (including phenoxy) is 1. The molecule has 0 unspecified atom stereocenters. The van der Waals surface area contributed by atoms with E-state index in [0.29, 0.717) is 18.4 Å².